The second-order valence-electron chi connectivity index (χ2n) is 5.06. The highest BCUT2D eigenvalue weighted by molar-refractivity contribution is 7.89. The molecule has 1 aromatic heterocycles. The Kier molecular flexibility index (Phi) is 4.27. The Morgan fingerprint density at radius 2 is 2.00 bits per heavy atom. The quantitative estimate of drug-likeness (QED) is 0.891. The highest BCUT2D eigenvalue weighted by Crippen LogP contribution is 2.27. The highest BCUT2D eigenvalue weighted by Gasteiger charge is 2.33. The third-order valence-electron chi connectivity index (χ3n) is 3.63. The van der Waals surface area contributed by atoms with Crippen molar-refractivity contribution in [1.29, 1.82) is 0 Å². The standard InChI is InChI=1S/C12H21N3O3S/c1-9-12(10(2)18-14-9)19(16,17)15-6-4-11(5-7-15)8-13-3/h11,13H,4-8H2,1-3H3. The lowest BCUT2D eigenvalue weighted by Crippen LogP contribution is -2.40. The monoisotopic (exact) mass is 287 g/mol. The van der Waals surface area contributed by atoms with E-state index in [4.69, 9.17) is 4.52 Å². The van der Waals surface area contributed by atoms with Crippen molar-refractivity contribution in [3.63, 3.8) is 0 Å². The van der Waals surface area contributed by atoms with Crippen LogP contribution in [0, 0.1) is 19.8 Å². The SMILES string of the molecule is CNCC1CCN(S(=O)(=O)c2c(C)noc2C)CC1. The summed E-state index contributed by atoms with van der Waals surface area (Å²) in [7, 11) is -1.54. The lowest BCUT2D eigenvalue weighted by molar-refractivity contribution is 0.270. The summed E-state index contributed by atoms with van der Waals surface area (Å²) in [6, 6.07) is 0. The molecule has 1 fully saturated rings. The average Bonchev–Trinajstić information content (AvgIpc) is 2.70. The van der Waals surface area contributed by atoms with Gasteiger partial charge in [0.25, 0.3) is 0 Å². The first-order valence-corrected chi connectivity index (χ1v) is 7.98. The van der Waals surface area contributed by atoms with E-state index in [1.807, 2.05) is 7.05 Å². The van der Waals surface area contributed by atoms with Gasteiger partial charge in [-0.2, -0.15) is 4.31 Å². The third-order valence-corrected chi connectivity index (χ3v) is 5.78. The van der Waals surface area contributed by atoms with Crippen molar-refractivity contribution in [3.05, 3.63) is 11.5 Å². The van der Waals surface area contributed by atoms with Crippen molar-refractivity contribution in [1.82, 2.24) is 14.8 Å². The molecule has 0 bridgehead atoms. The van der Waals surface area contributed by atoms with E-state index in [9.17, 15) is 8.42 Å². The third kappa shape index (κ3) is 2.82. The maximum atomic E-state index is 12.6. The van der Waals surface area contributed by atoms with Crippen molar-refractivity contribution in [2.45, 2.75) is 31.6 Å². The molecule has 0 unspecified atom stereocenters. The van der Waals surface area contributed by atoms with Crippen molar-refractivity contribution >= 4 is 10.0 Å². The number of rotatable bonds is 4. The molecule has 2 rings (SSSR count). The number of nitrogens with one attached hydrogen (secondary N) is 1. The minimum Gasteiger partial charge on any atom is -0.360 e. The molecule has 1 aliphatic rings. The molecule has 1 N–H and O–H groups in total. The van der Waals surface area contributed by atoms with Crippen LogP contribution in [0.2, 0.25) is 0 Å². The van der Waals surface area contributed by atoms with Gasteiger partial charge in [-0.3, -0.25) is 0 Å². The molecule has 0 spiro atoms. The molecule has 0 amide bonds. The summed E-state index contributed by atoms with van der Waals surface area (Å²) in [5.41, 5.74) is 0.440. The molecule has 0 radical (unpaired) electrons. The molecular formula is C12H21N3O3S. The van der Waals surface area contributed by atoms with Crippen LogP contribution in [0.5, 0.6) is 0 Å². The van der Waals surface area contributed by atoms with Gasteiger partial charge in [-0.15, -0.1) is 0 Å². The summed E-state index contributed by atoms with van der Waals surface area (Å²) in [6.07, 6.45) is 1.78. The fourth-order valence-corrected chi connectivity index (χ4v) is 4.38. The second kappa shape index (κ2) is 5.60. The van der Waals surface area contributed by atoms with Gasteiger partial charge in [-0.25, -0.2) is 8.42 Å². The van der Waals surface area contributed by atoms with Crippen LogP contribution in [0.4, 0.5) is 0 Å². The fourth-order valence-electron chi connectivity index (χ4n) is 2.61. The molecule has 0 aliphatic carbocycles. The van der Waals surface area contributed by atoms with Gasteiger partial charge in [0.1, 0.15) is 10.6 Å². The van der Waals surface area contributed by atoms with E-state index >= 15 is 0 Å². The Morgan fingerprint density at radius 1 is 1.37 bits per heavy atom. The molecular weight excluding hydrogens is 266 g/mol. The fraction of sp³-hybridized carbons (Fsp3) is 0.750. The minimum absolute atomic E-state index is 0.236. The smallest absolute Gasteiger partial charge is 0.248 e. The van der Waals surface area contributed by atoms with Gasteiger partial charge in [0.05, 0.1) is 0 Å². The summed E-state index contributed by atoms with van der Waals surface area (Å²) < 4.78 is 31.6. The molecule has 1 aliphatic heterocycles. The molecule has 108 valence electrons. The number of sulfonamides is 1. The Labute approximate surface area is 114 Å². The van der Waals surface area contributed by atoms with Crippen LogP contribution >= 0.6 is 0 Å². The zero-order chi connectivity index (χ0) is 14.0. The number of hydrogen-bond donors (Lipinski definition) is 1. The Balaban J connectivity index is 2.15. The molecule has 2 heterocycles. The van der Waals surface area contributed by atoms with E-state index in [0.29, 0.717) is 30.5 Å². The van der Waals surface area contributed by atoms with Crippen molar-refractivity contribution in [2.24, 2.45) is 5.92 Å². The summed E-state index contributed by atoms with van der Waals surface area (Å²) in [5, 5.41) is 6.87. The van der Waals surface area contributed by atoms with Crippen LogP contribution in [-0.4, -0.2) is 44.6 Å². The van der Waals surface area contributed by atoms with Crippen LogP contribution < -0.4 is 5.32 Å². The lowest BCUT2D eigenvalue weighted by atomic mass is 9.98. The number of hydrogen-bond acceptors (Lipinski definition) is 5. The predicted molar refractivity (Wildman–Crippen MR) is 71.4 cm³/mol. The number of aryl methyl sites for hydroxylation is 2. The summed E-state index contributed by atoms with van der Waals surface area (Å²) in [4.78, 5) is 0.236. The number of piperidine rings is 1. The number of nitrogens with zero attached hydrogens (tertiary/aromatic N) is 2. The summed E-state index contributed by atoms with van der Waals surface area (Å²) in [6.45, 7) is 5.38. The van der Waals surface area contributed by atoms with Gasteiger partial charge >= 0.3 is 0 Å². The van der Waals surface area contributed by atoms with Gasteiger partial charge in [-0.1, -0.05) is 5.16 Å². The maximum Gasteiger partial charge on any atom is 0.248 e. The van der Waals surface area contributed by atoms with E-state index in [-0.39, 0.29) is 4.90 Å². The number of aromatic nitrogens is 1. The topological polar surface area (TPSA) is 75.4 Å². The Morgan fingerprint density at radius 3 is 2.47 bits per heavy atom. The van der Waals surface area contributed by atoms with Crippen LogP contribution in [-0.2, 0) is 10.0 Å². The van der Waals surface area contributed by atoms with Crippen LogP contribution in [0.15, 0.2) is 9.42 Å². The van der Waals surface area contributed by atoms with Crippen molar-refractivity contribution < 1.29 is 12.9 Å². The molecule has 0 saturated carbocycles. The predicted octanol–water partition coefficient (Wildman–Crippen LogP) is 0.912. The normalized spacial score (nSPS) is 18.9. The molecule has 7 heteroatoms. The van der Waals surface area contributed by atoms with Gasteiger partial charge in [0.15, 0.2) is 5.76 Å². The first-order valence-electron chi connectivity index (χ1n) is 6.54. The van der Waals surface area contributed by atoms with E-state index in [1.165, 1.54) is 0 Å². The zero-order valence-corrected chi connectivity index (χ0v) is 12.5. The summed E-state index contributed by atoms with van der Waals surface area (Å²) >= 11 is 0. The van der Waals surface area contributed by atoms with Gasteiger partial charge in [0.2, 0.25) is 10.0 Å². The lowest BCUT2D eigenvalue weighted by Gasteiger charge is -2.30. The van der Waals surface area contributed by atoms with Crippen LogP contribution in [0.25, 0.3) is 0 Å². The van der Waals surface area contributed by atoms with E-state index in [2.05, 4.69) is 10.5 Å². The molecule has 0 aromatic carbocycles. The Bertz CT molecular complexity index is 511. The summed E-state index contributed by atoms with van der Waals surface area (Å²) in [5.74, 6) is 0.927. The van der Waals surface area contributed by atoms with E-state index in [1.54, 1.807) is 18.2 Å². The second-order valence-corrected chi connectivity index (χ2v) is 6.93. The molecule has 6 nitrogen and oxygen atoms in total. The maximum absolute atomic E-state index is 12.6. The van der Waals surface area contributed by atoms with Crippen molar-refractivity contribution in [3.8, 4) is 0 Å². The van der Waals surface area contributed by atoms with Crippen LogP contribution in [0.1, 0.15) is 24.3 Å². The van der Waals surface area contributed by atoms with E-state index < -0.39 is 10.0 Å². The first-order chi connectivity index (χ1) is 8.96. The first kappa shape index (κ1) is 14.5. The van der Waals surface area contributed by atoms with Gasteiger partial charge < -0.3 is 9.84 Å². The molecule has 1 saturated heterocycles. The molecule has 1 aromatic rings. The van der Waals surface area contributed by atoms with Crippen LogP contribution in [0.3, 0.4) is 0 Å². The minimum atomic E-state index is -3.46. The Hall–Kier alpha value is -0.920. The zero-order valence-electron chi connectivity index (χ0n) is 11.6. The highest BCUT2D eigenvalue weighted by atomic mass is 32.2. The van der Waals surface area contributed by atoms with Gasteiger partial charge in [-0.05, 0) is 46.2 Å². The molecule has 0 atom stereocenters. The largest absolute Gasteiger partial charge is 0.360 e. The molecule has 19 heavy (non-hydrogen) atoms. The van der Waals surface area contributed by atoms with Gasteiger partial charge in [0, 0.05) is 13.1 Å². The van der Waals surface area contributed by atoms with Crippen molar-refractivity contribution in [2.75, 3.05) is 26.7 Å². The average molecular weight is 287 g/mol. The van der Waals surface area contributed by atoms with E-state index in [0.717, 1.165) is 19.4 Å².